The van der Waals surface area contributed by atoms with Gasteiger partial charge in [0, 0.05) is 5.56 Å². The first-order valence-electron chi connectivity index (χ1n) is 9.47. The maximum Gasteiger partial charge on any atom is 0.333 e. The van der Waals surface area contributed by atoms with E-state index in [1.54, 1.807) is 54.6 Å². The second kappa shape index (κ2) is 8.96. The summed E-state index contributed by atoms with van der Waals surface area (Å²) in [6.07, 6.45) is -0.992. The second-order valence-corrected chi connectivity index (χ2v) is 6.99. The van der Waals surface area contributed by atoms with Gasteiger partial charge < -0.3 is 24.8 Å². The molecule has 2 aromatic rings. The number of aliphatic hydroxyl groups excluding tert-OH is 1. The predicted molar refractivity (Wildman–Crippen MR) is 108 cm³/mol. The summed E-state index contributed by atoms with van der Waals surface area (Å²) in [5.41, 5.74) is 0.905. The minimum Gasteiger partial charge on any atom is -0.497 e. The van der Waals surface area contributed by atoms with Crippen molar-refractivity contribution in [3.05, 3.63) is 65.7 Å². The lowest BCUT2D eigenvalue weighted by Gasteiger charge is -2.51. The number of carbonyl (C=O) groups is 3. The van der Waals surface area contributed by atoms with Crippen LogP contribution in [0.2, 0.25) is 0 Å². The summed E-state index contributed by atoms with van der Waals surface area (Å²) in [4.78, 5) is 39.3. The van der Waals surface area contributed by atoms with E-state index in [9.17, 15) is 19.5 Å². The number of hydrogen-bond acceptors (Lipinski definition) is 6. The highest BCUT2D eigenvalue weighted by atomic mass is 16.5. The second-order valence-electron chi connectivity index (χ2n) is 6.99. The van der Waals surface area contributed by atoms with Gasteiger partial charge in [-0.05, 0) is 36.8 Å². The first kappa shape index (κ1) is 21.3. The summed E-state index contributed by atoms with van der Waals surface area (Å²) >= 11 is 0. The molecule has 8 nitrogen and oxygen atoms in total. The molecule has 4 atom stereocenters. The van der Waals surface area contributed by atoms with Crippen LogP contribution in [0.1, 0.15) is 28.9 Å². The van der Waals surface area contributed by atoms with E-state index in [1.807, 2.05) is 0 Å². The highest BCUT2D eigenvalue weighted by molar-refractivity contribution is 6.01. The topological polar surface area (TPSA) is 105 Å². The molecule has 1 heterocycles. The molecule has 0 aromatic heterocycles. The number of benzene rings is 2. The van der Waals surface area contributed by atoms with E-state index in [0.717, 1.165) is 0 Å². The van der Waals surface area contributed by atoms with Gasteiger partial charge in [0.15, 0.2) is 6.04 Å². The zero-order chi connectivity index (χ0) is 21.8. The number of hydrogen-bond donors (Lipinski definition) is 2. The van der Waals surface area contributed by atoms with E-state index in [2.05, 4.69) is 5.32 Å². The number of esters is 1. The number of nitrogens with one attached hydrogen (secondary N) is 1. The van der Waals surface area contributed by atoms with Gasteiger partial charge in [-0.15, -0.1) is 0 Å². The van der Waals surface area contributed by atoms with Crippen LogP contribution >= 0.6 is 0 Å². The minimum atomic E-state index is -1.06. The number of nitrogens with zero attached hydrogens (tertiary/aromatic N) is 1. The van der Waals surface area contributed by atoms with Gasteiger partial charge in [-0.2, -0.15) is 0 Å². The third-order valence-electron chi connectivity index (χ3n) is 5.13. The van der Waals surface area contributed by atoms with E-state index in [-0.39, 0.29) is 0 Å². The summed E-state index contributed by atoms with van der Waals surface area (Å²) in [5, 5.41) is 13.0. The van der Waals surface area contributed by atoms with Gasteiger partial charge in [0.05, 0.1) is 26.4 Å². The van der Waals surface area contributed by atoms with Crippen molar-refractivity contribution in [1.29, 1.82) is 0 Å². The number of aliphatic hydroxyl groups is 1. The zero-order valence-corrected chi connectivity index (χ0v) is 16.9. The highest BCUT2D eigenvalue weighted by Crippen LogP contribution is 2.35. The molecule has 1 aliphatic heterocycles. The molecular weight excluding hydrogens is 388 g/mol. The Labute approximate surface area is 174 Å². The fourth-order valence-corrected chi connectivity index (χ4v) is 3.61. The number of ether oxygens (including phenoxy) is 2. The van der Waals surface area contributed by atoms with Crippen molar-refractivity contribution in [3.8, 4) is 5.75 Å². The van der Waals surface area contributed by atoms with Crippen LogP contribution in [0.3, 0.4) is 0 Å². The molecule has 2 amide bonds. The third-order valence-corrected chi connectivity index (χ3v) is 5.13. The third kappa shape index (κ3) is 3.99. The van der Waals surface area contributed by atoms with Crippen LogP contribution in [0, 0.1) is 0 Å². The van der Waals surface area contributed by atoms with Gasteiger partial charge >= 0.3 is 5.97 Å². The molecule has 8 heteroatoms. The summed E-state index contributed by atoms with van der Waals surface area (Å²) in [6, 6.07) is 12.3. The van der Waals surface area contributed by atoms with Crippen LogP contribution in [0.4, 0.5) is 0 Å². The van der Waals surface area contributed by atoms with Gasteiger partial charge in [0.2, 0.25) is 5.91 Å². The van der Waals surface area contributed by atoms with Gasteiger partial charge in [0.1, 0.15) is 11.8 Å². The Morgan fingerprint density at radius 2 is 1.70 bits per heavy atom. The fourth-order valence-electron chi connectivity index (χ4n) is 3.61. The van der Waals surface area contributed by atoms with Crippen molar-refractivity contribution in [3.63, 3.8) is 0 Å². The van der Waals surface area contributed by atoms with Gasteiger partial charge in [-0.1, -0.05) is 30.3 Å². The smallest absolute Gasteiger partial charge is 0.333 e. The summed E-state index contributed by atoms with van der Waals surface area (Å²) in [6.45, 7) is 1.51. The first-order chi connectivity index (χ1) is 14.4. The largest absolute Gasteiger partial charge is 0.497 e. The number of carbonyl (C=O) groups excluding carboxylic acids is 3. The molecule has 0 bridgehead atoms. The number of β-lactam (4-membered cyclic amide) rings is 1. The number of methoxy groups -OCH3 is 2. The summed E-state index contributed by atoms with van der Waals surface area (Å²) in [7, 11) is 2.75. The van der Waals surface area contributed by atoms with Crippen molar-refractivity contribution >= 4 is 17.8 Å². The zero-order valence-electron chi connectivity index (χ0n) is 16.9. The minimum absolute atomic E-state index is 0.396. The van der Waals surface area contributed by atoms with E-state index in [1.165, 1.54) is 26.0 Å². The Kier molecular flexibility index (Phi) is 6.37. The van der Waals surface area contributed by atoms with E-state index < -0.39 is 42.0 Å². The molecule has 0 saturated carbocycles. The Bertz CT molecular complexity index is 913. The molecule has 0 spiro atoms. The lowest BCUT2D eigenvalue weighted by atomic mass is 9.86. The molecule has 1 fully saturated rings. The van der Waals surface area contributed by atoms with Gasteiger partial charge in [0.25, 0.3) is 5.91 Å². The number of rotatable bonds is 7. The maximum atomic E-state index is 13.0. The highest BCUT2D eigenvalue weighted by Gasteiger charge is 2.55. The molecule has 30 heavy (non-hydrogen) atoms. The Balaban J connectivity index is 1.87. The molecule has 1 aliphatic rings. The average Bonchev–Trinajstić information content (AvgIpc) is 2.77. The standard InChI is InChI=1S/C22H24N2O6/c1-13(25)18-17(23-20(26)15-7-5-4-6-8-15)21(27)24(18)19(22(28)30-3)14-9-11-16(29-2)12-10-14/h4-13,17-19,25H,1-3H3,(H,23,26)/t13-,17+,18-,19-/m1/s1. The molecule has 2 N–H and O–H groups in total. The van der Waals surface area contributed by atoms with Crippen molar-refractivity contribution in [2.24, 2.45) is 0 Å². The van der Waals surface area contributed by atoms with Crippen molar-refractivity contribution in [1.82, 2.24) is 10.2 Å². The van der Waals surface area contributed by atoms with Crippen LogP contribution in [0.5, 0.6) is 5.75 Å². The van der Waals surface area contributed by atoms with Gasteiger partial charge in [-0.25, -0.2) is 4.79 Å². The lowest BCUT2D eigenvalue weighted by Crippen LogP contribution is -2.74. The normalized spacial score (nSPS) is 20.0. The van der Waals surface area contributed by atoms with E-state index in [4.69, 9.17) is 9.47 Å². The van der Waals surface area contributed by atoms with E-state index >= 15 is 0 Å². The number of amides is 2. The molecule has 0 unspecified atom stereocenters. The predicted octanol–water partition coefficient (Wildman–Crippen LogP) is 1.30. The van der Waals surface area contributed by atoms with Crippen LogP contribution < -0.4 is 10.1 Å². The SMILES string of the molecule is COC(=O)[C@@H](c1ccc(OC)cc1)N1C(=O)[C@@H](NC(=O)c2ccccc2)[C@H]1[C@@H](C)O. The first-order valence-corrected chi connectivity index (χ1v) is 9.47. The molecule has 1 saturated heterocycles. The molecular formula is C22H24N2O6. The summed E-state index contributed by atoms with van der Waals surface area (Å²) in [5.74, 6) is -0.959. The van der Waals surface area contributed by atoms with Crippen molar-refractivity contribution in [2.75, 3.05) is 14.2 Å². The Morgan fingerprint density at radius 3 is 2.23 bits per heavy atom. The quantitative estimate of drug-likeness (QED) is 0.525. The van der Waals surface area contributed by atoms with Crippen LogP contribution in [0.25, 0.3) is 0 Å². The van der Waals surface area contributed by atoms with Crippen molar-refractivity contribution in [2.45, 2.75) is 31.2 Å². The molecule has 0 aliphatic carbocycles. The van der Waals surface area contributed by atoms with Gasteiger partial charge in [-0.3, -0.25) is 9.59 Å². The molecule has 3 rings (SSSR count). The van der Waals surface area contributed by atoms with Crippen LogP contribution in [-0.2, 0) is 14.3 Å². The molecule has 158 valence electrons. The Hall–Kier alpha value is -3.39. The van der Waals surface area contributed by atoms with Crippen LogP contribution in [-0.4, -0.2) is 60.2 Å². The maximum absolute atomic E-state index is 13.0. The van der Waals surface area contributed by atoms with E-state index in [0.29, 0.717) is 16.9 Å². The monoisotopic (exact) mass is 412 g/mol. The average molecular weight is 412 g/mol. The fraction of sp³-hybridized carbons (Fsp3) is 0.318. The molecule has 2 aromatic carbocycles. The molecule has 0 radical (unpaired) electrons. The summed E-state index contributed by atoms with van der Waals surface area (Å²) < 4.78 is 10.0. The van der Waals surface area contributed by atoms with Crippen LogP contribution in [0.15, 0.2) is 54.6 Å². The number of likely N-dealkylation sites (tertiary alicyclic amines) is 1. The lowest BCUT2D eigenvalue weighted by molar-refractivity contribution is -0.173. The Morgan fingerprint density at radius 1 is 1.07 bits per heavy atom. The van der Waals surface area contributed by atoms with Crippen molar-refractivity contribution < 1.29 is 29.0 Å².